The molecule has 33 heavy (non-hydrogen) atoms. The van der Waals surface area contributed by atoms with E-state index in [9.17, 15) is 14.9 Å². The maximum atomic E-state index is 12.8. The molecule has 4 rings (SSSR count). The maximum absolute atomic E-state index is 12.8. The molecule has 0 aliphatic carbocycles. The molecule has 2 N–H and O–H groups in total. The van der Waals surface area contributed by atoms with Gasteiger partial charge in [-0.3, -0.25) is 19.6 Å². The monoisotopic (exact) mass is 461 g/mol. The van der Waals surface area contributed by atoms with Crippen molar-refractivity contribution in [2.24, 2.45) is 0 Å². The zero-order valence-electron chi connectivity index (χ0n) is 17.4. The third kappa shape index (κ3) is 5.55. The van der Waals surface area contributed by atoms with Crippen LogP contribution in [0.25, 0.3) is 0 Å². The number of hydrogen-bond donors (Lipinski definition) is 2. The number of halogens is 1. The van der Waals surface area contributed by atoms with Crippen LogP contribution in [-0.2, 0) is 13.1 Å². The molecule has 0 saturated carbocycles. The Bertz CT molecular complexity index is 1290. The molecule has 8 nitrogen and oxygen atoms in total. The second-order valence-corrected chi connectivity index (χ2v) is 7.70. The summed E-state index contributed by atoms with van der Waals surface area (Å²) in [4.78, 5) is 23.9. The van der Waals surface area contributed by atoms with Gasteiger partial charge in [0.1, 0.15) is 5.69 Å². The van der Waals surface area contributed by atoms with Gasteiger partial charge in [0, 0.05) is 41.3 Å². The van der Waals surface area contributed by atoms with Crippen molar-refractivity contribution in [3.63, 3.8) is 0 Å². The van der Waals surface area contributed by atoms with E-state index in [1.807, 2.05) is 48.7 Å². The molecule has 3 aromatic carbocycles. The van der Waals surface area contributed by atoms with Crippen molar-refractivity contribution in [3.8, 4) is 0 Å². The molecule has 0 saturated heterocycles. The van der Waals surface area contributed by atoms with E-state index in [1.54, 1.807) is 29.1 Å². The summed E-state index contributed by atoms with van der Waals surface area (Å²) >= 11 is 6.16. The fourth-order valence-corrected chi connectivity index (χ4v) is 3.54. The number of carbonyl (C=O) groups excluding carboxylic acids is 1. The smallest absolute Gasteiger partial charge is 0.293 e. The minimum absolute atomic E-state index is 0.183. The van der Waals surface area contributed by atoms with Gasteiger partial charge in [-0.05, 0) is 47.5 Å². The minimum Gasteiger partial charge on any atom is -0.375 e. The highest BCUT2D eigenvalue weighted by molar-refractivity contribution is 6.31. The quantitative estimate of drug-likeness (QED) is 0.272. The highest BCUT2D eigenvalue weighted by atomic mass is 35.5. The number of aromatic nitrogens is 2. The molecule has 0 unspecified atom stereocenters. The summed E-state index contributed by atoms with van der Waals surface area (Å²) in [6.45, 7) is 0.878. The number of nitrogens with one attached hydrogen (secondary N) is 2. The summed E-state index contributed by atoms with van der Waals surface area (Å²) in [6, 6.07) is 20.8. The van der Waals surface area contributed by atoms with E-state index >= 15 is 0 Å². The third-order valence-corrected chi connectivity index (χ3v) is 5.34. The molecule has 4 aromatic rings. The number of amides is 1. The van der Waals surface area contributed by atoms with Crippen molar-refractivity contribution in [1.82, 2.24) is 9.78 Å². The van der Waals surface area contributed by atoms with Gasteiger partial charge in [0.25, 0.3) is 11.6 Å². The summed E-state index contributed by atoms with van der Waals surface area (Å²) in [6.07, 6.45) is 3.55. The Morgan fingerprint density at radius 1 is 1.06 bits per heavy atom. The minimum atomic E-state index is -0.517. The average Bonchev–Trinajstić information content (AvgIpc) is 3.31. The van der Waals surface area contributed by atoms with Crippen LogP contribution in [0.1, 0.15) is 21.5 Å². The van der Waals surface area contributed by atoms with Crippen molar-refractivity contribution >= 4 is 34.6 Å². The van der Waals surface area contributed by atoms with E-state index in [0.717, 1.165) is 11.1 Å². The van der Waals surface area contributed by atoms with Crippen LogP contribution < -0.4 is 10.6 Å². The zero-order valence-corrected chi connectivity index (χ0v) is 18.2. The zero-order chi connectivity index (χ0) is 23.2. The largest absolute Gasteiger partial charge is 0.375 e. The molecule has 1 heterocycles. The topological polar surface area (TPSA) is 102 Å². The van der Waals surface area contributed by atoms with Gasteiger partial charge in [-0.25, -0.2) is 0 Å². The predicted molar refractivity (Wildman–Crippen MR) is 128 cm³/mol. The van der Waals surface area contributed by atoms with Gasteiger partial charge in [0.15, 0.2) is 0 Å². The first-order valence-corrected chi connectivity index (χ1v) is 10.5. The number of nitrogens with zero attached hydrogens (tertiary/aromatic N) is 3. The van der Waals surface area contributed by atoms with Gasteiger partial charge in [-0.2, -0.15) is 5.10 Å². The van der Waals surface area contributed by atoms with Crippen molar-refractivity contribution in [2.75, 3.05) is 10.6 Å². The SMILES string of the molecule is O=C(Nc1cccc(Cn2cccn2)c1)c1ccc(NCc2ccccc2Cl)c([N+](=O)[O-])c1. The van der Waals surface area contributed by atoms with Crippen molar-refractivity contribution in [2.45, 2.75) is 13.1 Å². The Hall–Kier alpha value is -4.17. The van der Waals surface area contributed by atoms with E-state index < -0.39 is 10.8 Å². The van der Waals surface area contributed by atoms with Crippen LogP contribution in [0.5, 0.6) is 0 Å². The van der Waals surface area contributed by atoms with Crippen molar-refractivity contribution in [3.05, 3.63) is 117 Å². The first-order chi connectivity index (χ1) is 16.0. The highest BCUT2D eigenvalue weighted by Gasteiger charge is 2.18. The molecule has 0 atom stereocenters. The fourth-order valence-electron chi connectivity index (χ4n) is 3.34. The Morgan fingerprint density at radius 2 is 1.91 bits per heavy atom. The molecule has 166 valence electrons. The van der Waals surface area contributed by atoms with Crippen LogP contribution in [0.3, 0.4) is 0 Å². The molecule has 0 fully saturated rings. The molecule has 0 spiro atoms. The van der Waals surface area contributed by atoms with Gasteiger partial charge >= 0.3 is 0 Å². The van der Waals surface area contributed by atoms with Crippen LogP contribution >= 0.6 is 11.6 Å². The van der Waals surface area contributed by atoms with E-state index in [0.29, 0.717) is 29.5 Å². The lowest BCUT2D eigenvalue weighted by molar-refractivity contribution is -0.384. The number of rotatable bonds is 8. The van der Waals surface area contributed by atoms with E-state index in [2.05, 4.69) is 15.7 Å². The molecule has 9 heteroatoms. The standard InChI is InChI=1S/C24H20ClN5O3/c25-21-8-2-1-6-19(21)15-26-22-10-9-18(14-23(22)30(32)33)24(31)28-20-7-3-5-17(13-20)16-29-12-4-11-27-29/h1-14,26H,15-16H2,(H,28,31). The fraction of sp³-hybridized carbons (Fsp3) is 0.0833. The van der Waals surface area contributed by atoms with Gasteiger partial charge in [-0.15, -0.1) is 0 Å². The number of benzene rings is 3. The van der Waals surface area contributed by atoms with Crippen LogP contribution in [-0.4, -0.2) is 20.6 Å². The van der Waals surface area contributed by atoms with Crippen LogP contribution in [0.15, 0.2) is 85.2 Å². The molecule has 0 aliphatic heterocycles. The number of nitro benzene ring substituents is 1. The molecule has 1 aromatic heterocycles. The lowest BCUT2D eigenvalue weighted by Crippen LogP contribution is -2.13. The molecule has 0 aliphatic rings. The van der Waals surface area contributed by atoms with Crippen LogP contribution in [0, 0.1) is 10.1 Å². The molecular formula is C24H20ClN5O3. The first kappa shape index (κ1) is 22.0. The summed E-state index contributed by atoms with van der Waals surface area (Å²) in [5, 5.41) is 22.2. The lowest BCUT2D eigenvalue weighted by atomic mass is 10.1. The number of carbonyl (C=O) groups is 1. The maximum Gasteiger partial charge on any atom is 0.293 e. The Morgan fingerprint density at radius 3 is 2.67 bits per heavy atom. The first-order valence-electron chi connectivity index (χ1n) is 10.1. The second-order valence-electron chi connectivity index (χ2n) is 7.29. The average molecular weight is 462 g/mol. The molecule has 0 bridgehead atoms. The van der Waals surface area contributed by atoms with Crippen LogP contribution in [0.4, 0.5) is 17.1 Å². The number of nitro groups is 1. The van der Waals surface area contributed by atoms with Crippen molar-refractivity contribution in [1.29, 1.82) is 0 Å². The summed E-state index contributed by atoms with van der Waals surface area (Å²) in [5.74, 6) is -0.438. The Kier molecular flexibility index (Phi) is 6.66. The van der Waals surface area contributed by atoms with Gasteiger partial charge < -0.3 is 10.6 Å². The predicted octanol–water partition coefficient (Wildman–Crippen LogP) is 5.36. The number of anilines is 2. The molecule has 0 radical (unpaired) electrons. The van der Waals surface area contributed by atoms with Gasteiger partial charge in [0.2, 0.25) is 0 Å². The van der Waals surface area contributed by atoms with E-state index in [-0.39, 0.29) is 11.3 Å². The highest BCUT2D eigenvalue weighted by Crippen LogP contribution is 2.27. The van der Waals surface area contributed by atoms with E-state index in [4.69, 9.17) is 11.6 Å². The van der Waals surface area contributed by atoms with E-state index in [1.165, 1.54) is 12.1 Å². The second kappa shape index (κ2) is 9.97. The normalized spacial score (nSPS) is 10.6. The molecular weight excluding hydrogens is 442 g/mol. The summed E-state index contributed by atoms with van der Waals surface area (Å²) in [5.41, 5.74) is 2.66. The number of hydrogen-bond acceptors (Lipinski definition) is 5. The van der Waals surface area contributed by atoms with Crippen molar-refractivity contribution < 1.29 is 9.72 Å². The van der Waals surface area contributed by atoms with Gasteiger partial charge in [0.05, 0.1) is 11.5 Å². The molecule has 1 amide bonds. The summed E-state index contributed by atoms with van der Waals surface area (Å²) in [7, 11) is 0. The van der Waals surface area contributed by atoms with Crippen LogP contribution in [0.2, 0.25) is 5.02 Å². The summed E-state index contributed by atoms with van der Waals surface area (Å²) < 4.78 is 1.78. The lowest BCUT2D eigenvalue weighted by Gasteiger charge is -2.11. The van der Waals surface area contributed by atoms with Gasteiger partial charge in [-0.1, -0.05) is 41.9 Å². The Labute approximate surface area is 195 Å². The third-order valence-electron chi connectivity index (χ3n) is 4.97. The Balaban J connectivity index is 1.48.